The van der Waals surface area contributed by atoms with Gasteiger partial charge in [-0.05, 0) is 31.1 Å². The van der Waals surface area contributed by atoms with E-state index in [4.69, 9.17) is 0 Å². The Kier molecular flexibility index (Phi) is 3.59. The number of hydrogen-bond acceptors (Lipinski definition) is 2. The zero-order valence-corrected chi connectivity index (χ0v) is 11.1. The number of sulfonamides is 1. The molecule has 2 rings (SSSR count). The van der Waals surface area contributed by atoms with Crippen molar-refractivity contribution in [3.8, 4) is 0 Å². The molecular weight excluding hydrogens is 222 g/mol. The van der Waals surface area contributed by atoms with Gasteiger partial charge in [0.25, 0.3) is 0 Å². The molecule has 94 valence electrons. The molecule has 1 spiro atoms. The molecule has 3 nitrogen and oxygen atoms in total. The molecule has 2 fully saturated rings. The fourth-order valence-corrected chi connectivity index (χ4v) is 4.87. The van der Waals surface area contributed by atoms with Gasteiger partial charge in [-0.25, -0.2) is 12.7 Å². The minimum absolute atomic E-state index is 0.347. The maximum Gasteiger partial charge on any atom is 0.214 e. The Morgan fingerprint density at radius 1 is 1.19 bits per heavy atom. The van der Waals surface area contributed by atoms with Crippen molar-refractivity contribution in [2.24, 2.45) is 5.41 Å². The lowest BCUT2D eigenvalue weighted by Crippen LogP contribution is -2.33. The van der Waals surface area contributed by atoms with Crippen molar-refractivity contribution in [2.45, 2.75) is 51.9 Å². The van der Waals surface area contributed by atoms with E-state index in [-0.39, 0.29) is 0 Å². The maximum absolute atomic E-state index is 12.1. The van der Waals surface area contributed by atoms with E-state index in [1.54, 1.807) is 4.31 Å². The lowest BCUT2D eigenvalue weighted by molar-refractivity contribution is 0.313. The maximum atomic E-state index is 12.1. The number of rotatable bonds is 4. The highest BCUT2D eigenvalue weighted by atomic mass is 32.2. The third-order valence-electron chi connectivity index (χ3n) is 4.22. The first kappa shape index (κ1) is 12.4. The topological polar surface area (TPSA) is 37.4 Å². The van der Waals surface area contributed by atoms with Crippen molar-refractivity contribution >= 4 is 10.0 Å². The molecule has 1 aliphatic carbocycles. The molecule has 1 saturated carbocycles. The third-order valence-corrected chi connectivity index (χ3v) is 6.12. The van der Waals surface area contributed by atoms with Crippen molar-refractivity contribution < 1.29 is 8.42 Å². The van der Waals surface area contributed by atoms with Gasteiger partial charge in [0.1, 0.15) is 0 Å². The zero-order chi connectivity index (χ0) is 11.6. The first-order valence-electron chi connectivity index (χ1n) is 6.56. The quantitative estimate of drug-likeness (QED) is 0.762. The Hall–Kier alpha value is -0.0900. The molecule has 0 bridgehead atoms. The first-order chi connectivity index (χ1) is 7.58. The fourth-order valence-electron chi connectivity index (χ4n) is 3.12. The zero-order valence-electron chi connectivity index (χ0n) is 10.2. The highest BCUT2D eigenvalue weighted by Crippen LogP contribution is 2.45. The van der Waals surface area contributed by atoms with Crippen molar-refractivity contribution in [2.75, 3.05) is 18.8 Å². The van der Waals surface area contributed by atoms with Crippen LogP contribution in [0.5, 0.6) is 0 Å². The van der Waals surface area contributed by atoms with Crippen LogP contribution in [0.1, 0.15) is 51.9 Å². The number of hydrogen-bond donors (Lipinski definition) is 0. The van der Waals surface area contributed by atoms with E-state index in [1.807, 2.05) is 6.92 Å². The Balaban J connectivity index is 1.97. The van der Waals surface area contributed by atoms with E-state index in [2.05, 4.69) is 0 Å². The van der Waals surface area contributed by atoms with Crippen LogP contribution < -0.4 is 0 Å². The van der Waals surface area contributed by atoms with E-state index in [9.17, 15) is 8.42 Å². The van der Waals surface area contributed by atoms with Gasteiger partial charge in [-0.2, -0.15) is 0 Å². The van der Waals surface area contributed by atoms with Gasteiger partial charge in [-0.1, -0.05) is 26.2 Å². The van der Waals surface area contributed by atoms with Gasteiger partial charge in [0, 0.05) is 13.1 Å². The molecule has 0 amide bonds. The van der Waals surface area contributed by atoms with E-state index in [0.29, 0.717) is 11.2 Å². The summed E-state index contributed by atoms with van der Waals surface area (Å²) in [5.41, 5.74) is 0.360. The van der Waals surface area contributed by atoms with Crippen LogP contribution >= 0.6 is 0 Å². The van der Waals surface area contributed by atoms with Crippen molar-refractivity contribution in [1.29, 1.82) is 0 Å². The van der Waals surface area contributed by atoms with Gasteiger partial charge in [-0.15, -0.1) is 0 Å². The molecule has 1 heterocycles. The van der Waals surface area contributed by atoms with E-state index >= 15 is 0 Å². The summed E-state index contributed by atoms with van der Waals surface area (Å²) < 4.78 is 25.9. The Labute approximate surface area is 99.3 Å². The average Bonchev–Trinajstić information content (AvgIpc) is 2.87. The lowest BCUT2D eigenvalue weighted by Gasteiger charge is -2.23. The summed E-state index contributed by atoms with van der Waals surface area (Å²) in [6.45, 7) is 3.61. The van der Waals surface area contributed by atoms with E-state index in [0.717, 1.165) is 32.4 Å². The third kappa shape index (κ3) is 2.43. The molecule has 0 unspecified atom stereocenters. The molecule has 0 aromatic carbocycles. The Bertz CT molecular complexity index is 331. The first-order valence-corrected chi connectivity index (χ1v) is 8.17. The van der Waals surface area contributed by atoms with Crippen LogP contribution in [0.4, 0.5) is 0 Å². The van der Waals surface area contributed by atoms with Crippen molar-refractivity contribution in [1.82, 2.24) is 4.31 Å². The normalized spacial score (nSPS) is 25.6. The fraction of sp³-hybridized carbons (Fsp3) is 1.00. The van der Waals surface area contributed by atoms with Gasteiger partial charge < -0.3 is 0 Å². The summed E-state index contributed by atoms with van der Waals surface area (Å²) in [5.74, 6) is 0.347. The minimum Gasteiger partial charge on any atom is -0.212 e. The molecule has 0 aromatic heterocycles. The number of unbranched alkanes of at least 4 members (excludes halogenated alkanes) is 1. The molecule has 0 aromatic rings. The van der Waals surface area contributed by atoms with Crippen LogP contribution in [0.25, 0.3) is 0 Å². The summed E-state index contributed by atoms with van der Waals surface area (Å²) in [7, 11) is -2.95. The van der Waals surface area contributed by atoms with Crippen LogP contribution in [0, 0.1) is 5.41 Å². The second kappa shape index (κ2) is 4.65. The summed E-state index contributed by atoms with van der Waals surface area (Å²) in [4.78, 5) is 0. The van der Waals surface area contributed by atoms with Gasteiger partial charge in [-0.3, -0.25) is 0 Å². The SMILES string of the molecule is CCCCS(=O)(=O)N1CCC2(CCCC2)C1. The summed E-state index contributed by atoms with van der Waals surface area (Å²) in [6.07, 6.45) is 7.92. The van der Waals surface area contributed by atoms with Crippen LogP contribution in [-0.4, -0.2) is 31.6 Å². The molecule has 4 heteroatoms. The van der Waals surface area contributed by atoms with Gasteiger partial charge >= 0.3 is 0 Å². The molecule has 0 radical (unpaired) electrons. The smallest absolute Gasteiger partial charge is 0.212 e. The van der Waals surface area contributed by atoms with Crippen LogP contribution in [0.15, 0.2) is 0 Å². The lowest BCUT2D eigenvalue weighted by atomic mass is 9.86. The van der Waals surface area contributed by atoms with Crippen LogP contribution in [0.2, 0.25) is 0 Å². The van der Waals surface area contributed by atoms with Crippen LogP contribution in [0.3, 0.4) is 0 Å². The summed E-state index contributed by atoms with van der Waals surface area (Å²) >= 11 is 0. The molecule has 0 N–H and O–H groups in total. The predicted octanol–water partition coefficient (Wildman–Crippen LogP) is 2.38. The highest BCUT2D eigenvalue weighted by molar-refractivity contribution is 7.89. The minimum atomic E-state index is -2.95. The monoisotopic (exact) mass is 245 g/mol. The molecule has 1 saturated heterocycles. The van der Waals surface area contributed by atoms with Crippen LogP contribution in [-0.2, 0) is 10.0 Å². The number of nitrogens with zero attached hydrogens (tertiary/aromatic N) is 1. The second-order valence-corrected chi connectivity index (χ2v) is 7.55. The Morgan fingerprint density at radius 3 is 2.50 bits per heavy atom. The molecule has 1 aliphatic heterocycles. The molecule has 0 atom stereocenters. The molecular formula is C12H23NO2S. The average molecular weight is 245 g/mol. The van der Waals surface area contributed by atoms with Crippen molar-refractivity contribution in [3.63, 3.8) is 0 Å². The summed E-state index contributed by atoms with van der Waals surface area (Å²) in [5, 5.41) is 0. The molecule has 16 heavy (non-hydrogen) atoms. The second-order valence-electron chi connectivity index (χ2n) is 5.46. The van der Waals surface area contributed by atoms with Gasteiger partial charge in [0.05, 0.1) is 5.75 Å². The Morgan fingerprint density at radius 2 is 1.88 bits per heavy atom. The highest BCUT2D eigenvalue weighted by Gasteiger charge is 2.43. The van der Waals surface area contributed by atoms with Crippen molar-refractivity contribution in [3.05, 3.63) is 0 Å². The van der Waals surface area contributed by atoms with E-state index < -0.39 is 10.0 Å². The van der Waals surface area contributed by atoms with E-state index in [1.165, 1.54) is 25.7 Å². The standard InChI is InChI=1S/C12H23NO2S/c1-2-3-10-16(14,15)13-9-8-12(11-13)6-4-5-7-12/h2-11H2,1H3. The van der Waals surface area contributed by atoms with Gasteiger partial charge in [0.15, 0.2) is 0 Å². The predicted molar refractivity (Wildman–Crippen MR) is 65.8 cm³/mol. The van der Waals surface area contributed by atoms with Gasteiger partial charge in [0.2, 0.25) is 10.0 Å². The summed E-state index contributed by atoms with van der Waals surface area (Å²) in [6, 6.07) is 0. The largest absolute Gasteiger partial charge is 0.214 e. The molecule has 2 aliphatic rings.